The van der Waals surface area contributed by atoms with Crippen LogP contribution < -0.4 is 16.4 Å². The van der Waals surface area contributed by atoms with Gasteiger partial charge in [-0.1, -0.05) is 38.5 Å². The highest BCUT2D eigenvalue weighted by molar-refractivity contribution is 5.93. The van der Waals surface area contributed by atoms with Crippen molar-refractivity contribution in [2.24, 2.45) is 5.73 Å². The topological polar surface area (TPSA) is 84.2 Å². The molecule has 120 valence electrons. The second kappa shape index (κ2) is 7.25. The van der Waals surface area contributed by atoms with E-state index in [-0.39, 0.29) is 17.9 Å². The van der Waals surface area contributed by atoms with E-state index in [0.717, 1.165) is 44.9 Å². The quantitative estimate of drug-likeness (QED) is 0.736. The Morgan fingerprint density at radius 2 is 1.62 bits per heavy atom. The van der Waals surface area contributed by atoms with Crippen LogP contribution in [0.25, 0.3) is 0 Å². The molecule has 0 aromatic rings. The minimum absolute atomic E-state index is 0.00287. The van der Waals surface area contributed by atoms with Gasteiger partial charge in [-0.25, -0.2) is 0 Å². The van der Waals surface area contributed by atoms with Gasteiger partial charge in [0.1, 0.15) is 5.54 Å². The zero-order chi connectivity index (χ0) is 15.3. The summed E-state index contributed by atoms with van der Waals surface area (Å²) in [6.07, 6.45) is 10.3. The Kier molecular flexibility index (Phi) is 5.62. The number of rotatable bonds is 4. The van der Waals surface area contributed by atoms with Gasteiger partial charge in [0.25, 0.3) is 0 Å². The van der Waals surface area contributed by atoms with Gasteiger partial charge in [0.05, 0.1) is 6.04 Å². The van der Waals surface area contributed by atoms with Gasteiger partial charge in [-0.05, 0) is 32.6 Å². The molecule has 2 rings (SSSR count). The van der Waals surface area contributed by atoms with Crippen LogP contribution in [-0.2, 0) is 9.59 Å². The van der Waals surface area contributed by atoms with E-state index in [1.54, 1.807) is 6.92 Å². The zero-order valence-electron chi connectivity index (χ0n) is 13.1. The summed E-state index contributed by atoms with van der Waals surface area (Å²) in [5.41, 5.74) is 4.92. The molecule has 2 aliphatic carbocycles. The fourth-order valence-corrected chi connectivity index (χ4v) is 3.48. The molecule has 21 heavy (non-hydrogen) atoms. The van der Waals surface area contributed by atoms with E-state index < -0.39 is 11.6 Å². The zero-order valence-corrected chi connectivity index (χ0v) is 13.1. The molecule has 0 aliphatic heterocycles. The highest BCUT2D eigenvalue weighted by Crippen LogP contribution is 2.29. The summed E-state index contributed by atoms with van der Waals surface area (Å²) in [6.45, 7) is 1.66. The summed E-state index contributed by atoms with van der Waals surface area (Å²) in [6, 6.07) is -0.302. The Labute approximate surface area is 127 Å². The van der Waals surface area contributed by atoms with Crippen LogP contribution in [0.1, 0.15) is 71.1 Å². The molecule has 2 fully saturated rings. The largest absolute Gasteiger partial charge is 0.351 e. The van der Waals surface area contributed by atoms with Crippen molar-refractivity contribution < 1.29 is 9.59 Å². The molecular weight excluding hydrogens is 266 g/mol. The van der Waals surface area contributed by atoms with Gasteiger partial charge in [0.2, 0.25) is 11.8 Å². The molecule has 0 saturated heterocycles. The van der Waals surface area contributed by atoms with Crippen LogP contribution in [0, 0.1) is 0 Å². The number of carbonyl (C=O) groups excluding carboxylic acids is 2. The first-order valence-corrected chi connectivity index (χ1v) is 8.42. The summed E-state index contributed by atoms with van der Waals surface area (Å²) < 4.78 is 0. The minimum atomic E-state index is -0.736. The molecule has 0 spiro atoms. The fraction of sp³-hybridized carbons (Fsp3) is 0.875. The molecule has 0 bridgehead atoms. The van der Waals surface area contributed by atoms with Crippen LogP contribution in [0.4, 0.5) is 0 Å². The van der Waals surface area contributed by atoms with Crippen molar-refractivity contribution in [2.75, 3.05) is 0 Å². The lowest BCUT2D eigenvalue weighted by Crippen LogP contribution is -2.63. The predicted molar refractivity (Wildman–Crippen MR) is 82.6 cm³/mol. The van der Waals surface area contributed by atoms with E-state index in [0.29, 0.717) is 0 Å². The molecule has 2 amide bonds. The van der Waals surface area contributed by atoms with Crippen molar-refractivity contribution in [1.29, 1.82) is 0 Å². The Morgan fingerprint density at radius 3 is 2.19 bits per heavy atom. The van der Waals surface area contributed by atoms with Gasteiger partial charge in [-0.2, -0.15) is 0 Å². The molecule has 2 saturated carbocycles. The third-order valence-corrected chi connectivity index (χ3v) is 4.86. The summed E-state index contributed by atoms with van der Waals surface area (Å²) in [7, 11) is 0. The van der Waals surface area contributed by atoms with E-state index in [1.807, 2.05) is 0 Å². The van der Waals surface area contributed by atoms with Crippen LogP contribution in [0.15, 0.2) is 0 Å². The van der Waals surface area contributed by atoms with E-state index in [2.05, 4.69) is 10.6 Å². The summed E-state index contributed by atoms with van der Waals surface area (Å²) in [5.74, 6) is -0.223. The fourth-order valence-electron chi connectivity index (χ4n) is 3.48. The summed E-state index contributed by atoms with van der Waals surface area (Å²) >= 11 is 0. The second-order valence-corrected chi connectivity index (χ2v) is 6.73. The van der Waals surface area contributed by atoms with E-state index in [4.69, 9.17) is 5.73 Å². The van der Waals surface area contributed by atoms with Gasteiger partial charge in [0, 0.05) is 6.04 Å². The molecule has 1 unspecified atom stereocenters. The first-order chi connectivity index (χ1) is 10.0. The van der Waals surface area contributed by atoms with E-state index >= 15 is 0 Å². The van der Waals surface area contributed by atoms with E-state index in [9.17, 15) is 9.59 Å². The summed E-state index contributed by atoms with van der Waals surface area (Å²) in [4.78, 5) is 24.8. The SMILES string of the molecule is CC(N)C(=O)NC1(C(=O)NC2CCCCC2)CCCCC1. The lowest BCUT2D eigenvalue weighted by molar-refractivity contribution is -0.136. The number of carbonyl (C=O) groups is 2. The van der Waals surface area contributed by atoms with Crippen molar-refractivity contribution in [3.63, 3.8) is 0 Å². The van der Waals surface area contributed by atoms with Crippen LogP contribution in [-0.4, -0.2) is 29.4 Å². The van der Waals surface area contributed by atoms with Crippen molar-refractivity contribution in [2.45, 2.75) is 88.8 Å². The van der Waals surface area contributed by atoms with Gasteiger partial charge in [0.15, 0.2) is 0 Å². The highest BCUT2D eigenvalue weighted by atomic mass is 16.2. The Morgan fingerprint density at radius 1 is 1.05 bits per heavy atom. The molecule has 1 atom stereocenters. The molecule has 0 aromatic carbocycles. The highest BCUT2D eigenvalue weighted by Gasteiger charge is 2.41. The lowest BCUT2D eigenvalue weighted by Gasteiger charge is -2.38. The van der Waals surface area contributed by atoms with Crippen molar-refractivity contribution in [1.82, 2.24) is 10.6 Å². The first-order valence-electron chi connectivity index (χ1n) is 8.42. The lowest BCUT2D eigenvalue weighted by atomic mass is 9.80. The standard InChI is InChI=1S/C16H29N3O2/c1-12(17)14(20)19-16(10-6-3-7-11-16)15(21)18-13-8-4-2-5-9-13/h12-13H,2-11,17H2,1H3,(H,18,21)(H,19,20). The van der Waals surface area contributed by atoms with Crippen molar-refractivity contribution in [3.8, 4) is 0 Å². The molecule has 4 N–H and O–H groups in total. The number of amides is 2. The maximum Gasteiger partial charge on any atom is 0.245 e. The first kappa shape index (κ1) is 16.3. The van der Waals surface area contributed by atoms with E-state index in [1.165, 1.54) is 19.3 Å². The van der Waals surface area contributed by atoms with Gasteiger partial charge in [-0.3, -0.25) is 9.59 Å². The second-order valence-electron chi connectivity index (χ2n) is 6.73. The predicted octanol–water partition coefficient (Wildman–Crippen LogP) is 1.60. The maximum atomic E-state index is 12.8. The van der Waals surface area contributed by atoms with Gasteiger partial charge >= 0.3 is 0 Å². The molecule has 0 heterocycles. The minimum Gasteiger partial charge on any atom is -0.351 e. The third-order valence-electron chi connectivity index (χ3n) is 4.86. The molecule has 0 radical (unpaired) electrons. The summed E-state index contributed by atoms with van der Waals surface area (Å²) in [5, 5.41) is 6.12. The monoisotopic (exact) mass is 295 g/mol. The van der Waals surface area contributed by atoms with Crippen LogP contribution in [0.5, 0.6) is 0 Å². The third kappa shape index (κ3) is 4.19. The van der Waals surface area contributed by atoms with Crippen LogP contribution >= 0.6 is 0 Å². The van der Waals surface area contributed by atoms with Crippen LogP contribution in [0.2, 0.25) is 0 Å². The molecule has 0 aromatic heterocycles. The molecule has 5 heteroatoms. The van der Waals surface area contributed by atoms with Gasteiger partial charge < -0.3 is 16.4 Å². The van der Waals surface area contributed by atoms with Gasteiger partial charge in [-0.15, -0.1) is 0 Å². The number of hydrogen-bond acceptors (Lipinski definition) is 3. The molecule has 2 aliphatic rings. The Balaban J connectivity index is 2.03. The van der Waals surface area contributed by atoms with Crippen molar-refractivity contribution in [3.05, 3.63) is 0 Å². The van der Waals surface area contributed by atoms with Crippen LogP contribution in [0.3, 0.4) is 0 Å². The Hall–Kier alpha value is -1.10. The normalized spacial score (nSPS) is 24.1. The molecular formula is C16H29N3O2. The van der Waals surface area contributed by atoms with Crippen molar-refractivity contribution >= 4 is 11.8 Å². The number of nitrogens with two attached hydrogens (primary N) is 1. The maximum absolute atomic E-state index is 12.8. The number of hydrogen-bond donors (Lipinski definition) is 3. The average molecular weight is 295 g/mol. The number of nitrogens with one attached hydrogen (secondary N) is 2. The smallest absolute Gasteiger partial charge is 0.245 e. The molecule has 5 nitrogen and oxygen atoms in total. The average Bonchev–Trinajstić information content (AvgIpc) is 2.49. The Bertz CT molecular complexity index is 370.